The molecule has 1 amide bonds. The van der Waals surface area contributed by atoms with E-state index in [0.717, 1.165) is 12.3 Å². The highest BCUT2D eigenvalue weighted by molar-refractivity contribution is 7.80. The molecule has 0 aromatic carbocycles. The van der Waals surface area contributed by atoms with Crippen molar-refractivity contribution in [3.63, 3.8) is 0 Å². The lowest BCUT2D eigenvalue weighted by Crippen LogP contribution is -2.42. The zero-order chi connectivity index (χ0) is 13.1. The van der Waals surface area contributed by atoms with Crippen LogP contribution in [0.4, 0.5) is 0 Å². The minimum atomic E-state index is -0.967. The second kappa shape index (κ2) is 5.95. The summed E-state index contributed by atoms with van der Waals surface area (Å²) in [6, 6.07) is -0.784. The Bertz CT molecular complexity index is 334. The first-order chi connectivity index (χ1) is 8.60. The van der Waals surface area contributed by atoms with Gasteiger partial charge in [-0.25, -0.2) is 4.79 Å². The predicted molar refractivity (Wildman–Crippen MR) is 71.6 cm³/mol. The number of amides is 1. The van der Waals surface area contributed by atoms with E-state index in [0.29, 0.717) is 30.4 Å². The highest BCUT2D eigenvalue weighted by Crippen LogP contribution is 2.49. The van der Waals surface area contributed by atoms with Crippen LogP contribution in [-0.4, -0.2) is 28.8 Å². The fraction of sp³-hybridized carbons (Fsp3) is 0.846. The molecule has 2 aliphatic rings. The molecule has 4 nitrogen and oxygen atoms in total. The maximum absolute atomic E-state index is 11.9. The van der Waals surface area contributed by atoms with Gasteiger partial charge in [0.15, 0.2) is 0 Å². The number of carboxylic acids is 1. The van der Waals surface area contributed by atoms with E-state index in [1.165, 1.54) is 19.3 Å². The maximum Gasteiger partial charge on any atom is 0.326 e. The first-order valence-electron chi connectivity index (χ1n) is 6.73. The summed E-state index contributed by atoms with van der Waals surface area (Å²) in [5.74, 6) is 1.39. The van der Waals surface area contributed by atoms with Gasteiger partial charge in [-0.1, -0.05) is 6.42 Å². The molecular formula is C13H21NO3S. The van der Waals surface area contributed by atoms with Crippen LogP contribution in [0.3, 0.4) is 0 Å². The number of carbonyl (C=O) groups is 2. The Morgan fingerprint density at radius 1 is 1.33 bits per heavy atom. The van der Waals surface area contributed by atoms with Gasteiger partial charge in [-0.3, -0.25) is 4.79 Å². The third-order valence-corrected chi connectivity index (χ3v) is 4.64. The molecule has 0 aromatic rings. The molecular weight excluding hydrogens is 250 g/mol. The highest BCUT2D eigenvalue weighted by Gasteiger charge is 2.40. The molecule has 0 radical (unpaired) electrons. The number of carboxylic acid groups (broad SMARTS) is 1. The molecule has 102 valence electrons. The van der Waals surface area contributed by atoms with Crippen molar-refractivity contribution in [2.45, 2.75) is 44.6 Å². The van der Waals surface area contributed by atoms with E-state index < -0.39 is 12.0 Å². The standard InChI is InChI=1S/C13H21NO3S/c15-12(14-11(3-4-18)13(16)17)7-10-6-8-1-2-9(10)5-8/h8-11,18H,1-7H2,(H,14,15)(H,16,17). The van der Waals surface area contributed by atoms with Crippen LogP contribution in [0.5, 0.6) is 0 Å². The molecule has 0 saturated heterocycles. The highest BCUT2D eigenvalue weighted by atomic mass is 32.1. The SMILES string of the molecule is O=C(CC1CC2CCC1C2)NC(CCS)C(=O)O. The molecule has 0 spiro atoms. The maximum atomic E-state index is 11.9. The number of aliphatic carboxylic acids is 1. The molecule has 5 heteroatoms. The van der Waals surface area contributed by atoms with E-state index in [1.54, 1.807) is 0 Å². The normalized spacial score (nSPS) is 31.3. The topological polar surface area (TPSA) is 66.4 Å². The molecule has 2 fully saturated rings. The van der Waals surface area contributed by atoms with Crippen LogP contribution in [0.15, 0.2) is 0 Å². The van der Waals surface area contributed by atoms with E-state index >= 15 is 0 Å². The van der Waals surface area contributed by atoms with Crippen molar-refractivity contribution in [2.24, 2.45) is 17.8 Å². The fourth-order valence-electron chi connectivity index (χ4n) is 3.50. The van der Waals surface area contributed by atoms with Crippen LogP contribution in [-0.2, 0) is 9.59 Å². The minimum Gasteiger partial charge on any atom is -0.480 e. The van der Waals surface area contributed by atoms with Crippen LogP contribution >= 0.6 is 12.6 Å². The number of carbonyl (C=O) groups excluding carboxylic acids is 1. The third-order valence-electron chi connectivity index (χ3n) is 4.38. The Kier molecular flexibility index (Phi) is 4.54. The lowest BCUT2D eigenvalue weighted by molar-refractivity contribution is -0.142. The van der Waals surface area contributed by atoms with Crippen molar-refractivity contribution < 1.29 is 14.7 Å². The Morgan fingerprint density at radius 2 is 2.11 bits per heavy atom. The van der Waals surface area contributed by atoms with Crippen LogP contribution in [0, 0.1) is 17.8 Å². The lowest BCUT2D eigenvalue weighted by Gasteiger charge is -2.22. The fourth-order valence-corrected chi connectivity index (χ4v) is 3.76. The van der Waals surface area contributed by atoms with Crippen molar-refractivity contribution >= 4 is 24.5 Å². The summed E-state index contributed by atoms with van der Waals surface area (Å²) < 4.78 is 0. The molecule has 2 bridgehead atoms. The van der Waals surface area contributed by atoms with Gasteiger partial charge in [0.25, 0.3) is 0 Å². The summed E-state index contributed by atoms with van der Waals surface area (Å²) >= 11 is 4.01. The summed E-state index contributed by atoms with van der Waals surface area (Å²) in [5, 5.41) is 11.6. The monoisotopic (exact) mass is 271 g/mol. The molecule has 2 aliphatic carbocycles. The smallest absolute Gasteiger partial charge is 0.326 e. The van der Waals surface area contributed by atoms with Gasteiger partial charge in [-0.2, -0.15) is 12.6 Å². The molecule has 0 aromatic heterocycles. The average molecular weight is 271 g/mol. The van der Waals surface area contributed by atoms with E-state index in [2.05, 4.69) is 17.9 Å². The zero-order valence-electron chi connectivity index (χ0n) is 10.5. The average Bonchev–Trinajstić information content (AvgIpc) is 2.90. The Morgan fingerprint density at radius 3 is 2.61 bits per heavy atom. The third kappa shape index (κ3) is 3.19. The number of hydrogen-bond acceptors (Lipinski definition) is 3. The van der Waals surface area contributed by atoms with Crippen molar-refractivity contribution in [3.8, 4) is 0 Å². The summed E-state index contributed by atoms with van der Waals surface area (Å²) in [7, 11) is 0. The number of nitrogens with one attached hydrogen (secondary N) is 1. The van der Waals surface area contributed by atoms with E-state index in [-0.39, 0.29) is 5.91 Å². The second-order valence-electron chi connectivity index (χ2n) is 5.61. The predicted octanol–water partition coefficient (Wildman–Crippen LogP) is 1.70. The molecule has 2 rings (SSSR count). The van der Waals surface area contributed by atoms with Crippen molar-refractivity contribution in [3.05, 3.63) is 0 Å². The van der Waals surface area contributed by atoms with Gasteiger partial charge >= 0.3 is 5.97 Å². The molecule has 0 aliphatic heterocycles. The minimum absolute atomic E-state index is 0.110. The number of fused-ring (bicyclic) bond motifs is 2. The van der Waals surface area contributed by atoms with Gasteiger partial charge in [0.05, 0.1) is 0 Å². The number of rotatable bonds is 6. The van der Waals surface area contributed by atoms with Gasteiger partial charge in [-0.15, -0.1) is 0 Å². The summed E-state index contributed by atoms with van der Waals surface area (Å²) in [6.07, 6.45) is 5.87. The Labute approximate surface area is 113 Å². The van der Waals surface area contributed by atoms with Gasteiger partial charge in [0.1, 0.15) is 6.04 Å². The quantitative estimate of drug-likeness (QED) is 0.644. The van der Waals surface area contributed by atoms with E-state index in [1.807, 2.05) is 0 Å². The van der Waals surface area contributed by atoms with Crippen molar-refractivity contribution in [2.75, 3.05) is 5.75 Å². The van der Waals surface area contributed by atoms with Crippen LogP contribution < -0.4 is 5.32 Å². The van der Waals surface area contributed by atoms with Crippen LogP contribution in [0.2, 0.25) is 0 Å². The molecule has 18 heavy (non-hydrogen) atoms. The summed E-state index contributed by atoms with van der Waals surface area (Å²) in [4.78, 5) is 22.8. The van der Waals surface area contributed by atoms with E-state index in [4.69, 9.17) is 5.11 Å². The van der Waals surface area contributed by atoms with Gasteiger partial charge < -0.3 is 10.4 Å². The van der Waals surface area contributed by atoms with E-state index in [9.17, 15) is 9.59 Å². The number of hydrogen-bond donors (Lipinski definition) is 3. The largest absolute Gasteiger partial charge is 0.480 e. The molecule has 4 atom stereocenters. The molecule has 4 unspecified atom stereocenters. The van der Waals surface area contributed by atoms with Gasteiger partial charge in [-0.05, 0) is 49.2 Å². The second-order valence-corrected chi connectivity index (χ2v) is 6.06. The zero-order valence-corrected chi connectivity index (χ0v) is 11.4. The molecule has 0 heterocycles. The van der Waals surface area contributed by atoms with Crippen molar-refractivity contribution in [1.82, 2.24) is 5.32 Å². The molecule has 2 N–H and O–H groups in total. The lowest BCUT2D eigenvalue weighted by atomic mass is 9.86. The Balaban J connectivity index is 1.79. The van der Waals surface area contributed by atoms with Gasteiger partial charge in [0.2, 0.25) is 5.91 Å². The molecule has 2 saturated carbocycles. The van der Waals surface area contributed by atoms with Crippen LogP contribution in [0.25, 0.3) is 0 Å². The first-order valence-corrected chi connectivity index (χ1v) is 7.36. The van der Waals surface area contributed by atoms with Crippen LogP contribution in [0.1, 0.15) is 38.5 Å². The first kappa shape index (κ1) is 13.7. The van der Waals surface area contributed by atoms with Gasteiger partial charge in [0, 0.05) is 6.42 Å². The summed E-state index contributed by atoms with van der Waals surface area (Å²) in [5.41, 5.74) is 0. The number of thiol groups is 1. The summed E-state index contributed by atoms with van der Waals surface area (Å²) in [6.45, 7) is 0. The van der Waals surface area contributed by atoms with Crippen molar-refractivity contribution in [1.29, 1.82) is 0 Å². The Hall–Kier alpha value is -0.710.